The minimum absolute atomic E-state index is 0.796. The molecule has 0 aliphatic heterocycles. The highest BCUT2D eigenvalue weighted by molar-refractivity contribution is 14.1. The first-order valence-electron chi connectivity index (χ1n) is 11.4. The van der Waals surface area contributed by atoms with Crippen molar-refractivity contribution in [1.82, 2.24) is 4.98 Å². The molecule has 174 valence electrons. The summed E-state index contributed by atoms with van der Waals surface area (Å²) >= 11 is 4.65. The van der Waals surface area contributed by atoms with Crippen LogP contribution >= 0.6 is 45.2 Å². The van der Waals surface area contributed by atoms with Gasteiger partial charge in [0, 0.05) is 18.3 Å². The van der Waals surface area contributed by atoms with Crippen LogP contribution in [0.1, 0.15) is 22.5 Å². The second-order valence-electron chi connectivity index (χ2n) is 7.96. The standard InChI is InChI=1S/C31H21I2N3/c32-24-16-7-9-18-26(24)35-30(22-12-3-1-4-13-22)28-20-11-21-29(34-28)31(23-14-5-2-6-15-23)36-27-19-10-8-17-25(27)33/h1-21H. The van der Waals surface area contributed by atoms with Crippen LogP contribution in [0.15, 0.2) is 137 Å². The number of rotatable bonds is 6. The van der Waals surface area contributed by atoms with Crippen molar-refractivity contribution in [3.8, 4) is 0 Å². The zero-order valence-electron chi connectivity index (χ0n) is 19.2. The number of hydrogen-bond donors (Lipinski definition) is 0. The van der Waals surface area contributed by atoms with Gasteiger partial charge in [0.1, 0.15) is 0 Å². The Morgan fingerprint density at radius 3 is 1.25 bits per heavy atom. The van der Waals surface area contributed by atoms with Crippen molar-refractivity contribution in [2.75, 3.05) is 0 Å². The molecular weight excluding hydrogens is 668 g/mol. The normalized spacial score (nSPS) is 11.9. The molecule has 0 spiro atoms. The van der Waals surface area contributed by atoms with Crippen LogP contribution in [0.5, 0.6) is 0 Å². The van der Waals surface area contributed by atoms with Crippen molar-refractivity contribution in [3.05, 3.63) is 157 Å². The molecule has 0 aliphatic rings. The first-order valence-corrected chi connectivity index (χ1v) is 13.6. The maximum Gasteiger partial charge on any atom is 0.0966 e. The van der Waals surface area contributed by atoms with Crippen molar-refractivity contribution in [2.24, 2.45) is 9.98 Å². The van der Waals surface area contributed by atoms with E-state index in [1.54, 1.807) is 0 Å². The Labute approximate surface area is 238 Å². The number of aliphatic imine (C=N–C) groups is 2. The van der Waals surface area contributed by atoms with E-state index in [0.29, 0.717) is 0 Å². The van der Waals surface area contributed by atoms with Gasteiger partial charge in [0.2, 0.25) is 0 Å². The fraction of sp³-hybridized carbons (Fsp3) is 0. The lowest BCUT2D eigenvalue weighted by molar-refractivity contribution is 1.24. The molecule has 0 atom stereocenters. The van der Waals surface area contributed by atoms with Gasteiger partial charge in [-0.15, -0.1) is 0 Å². The molecule has 0 saturated heterocycles. The molecule has 4 aromatic carbocycles. The predicted molar refractivity (Wildman–Crippen MR) is 166 cm³/mol. The van der Waals surface area contributed by atoms with Gasteiger partial charge in [-0.2, -0.15) is 0 Å². The average Bonchev–Trinajstić information content (AvgIpc) is 2.93. The highest BCUT2D eigenvalue weighted by Crippen LogP contribution is 2.25. The third-order valence-electron chi connectivity index (χ3n) is 5.50. The summed E-state index contributed by atoms with van der Waals surface area (Å²) < 4.78 is 2.18. The van der Waals surface area contributed by atoms with E-state index >= 15 is 0 Å². The van der Waals surface area contributed by atoms with E-state index in [0.717, 1.165) is 52.5 Å². The van der Waals surface area contributed by atoms with Gasteiger partial charge in [-0.05, 0) is 81.6 Å². The summed E-state index contributed by atoms with van der Waals surface area (Å²) in [5, 5.41) is 0. The molecule has 5 aromatic rings. The molecule has 0 unspecified atom stereocenters. The summed E-state index contributed by atoms with van der Waals surface area (Å²) in [7, 11) is 0. The van der Waals surface area contributed by atoms with E-state index in [1.165, 1.54) is 0 Å². The Kier molecular flexibility index (Phi) is 7.98. The molecule has 5 rings (SSSR count). The topological polar surface area (TPSA) is 37.6 Å². The molecule has 0 aliphatic carbocycles. The van der Waals surface area contributed by atoms with E-state index in [2.05, 4.69) is 81.6 Å². The van der Waals surface area contributed by atoms with Gasteiger partial charge >= 0.3 is 0 Å². The lowest BCUT2D eigenvalue weighted by Crippen LogP contribution is -2.11. The Morgan fingerprint density at radius 1 is 0.444 bits per heavy atom. The van der Waals surface area contributed by atoms with Crippen molar-refractivity contribution in [3.63, 3.8) is 0 Å². The van der Waals surface area contributed by atoms with Gasteiger partial charge in [0.05, 0.1) is 34.2 Å². The number of benzene rings is 4. The molecule has 36 heavy (non-hydrogen) atoms. The van der Waals surface area contributed by atoms with Crippen LogP contribution in [0.3, 0.4) is 0 Å². The van der Waals surface area contributed by atoms with Crippen molar-refractivity contribution in [2.45, 2.75) is 0 Å². The van der Waals surface area contributed by atoms with Crippen LogP contribution in [-0.4, -0.2) is 16.4 Å². The number of pyridine rings is 1. The second kappa shape index (κ2) is 11.7. The molecule has 0 amide bonds. The Hall–Kier alpha value is -3.17. The van der Waals surface area contributed by atoms with Gasteiger partial charge in [-0.25, -0.2) is 15.0 Å². The molecule has 0 N–H and O–H groups in total. The van der Waals surface area contributed by atoms with Crippen LogP contribution in [0, 0.1) is 7.14 Å². The fourth-order valence-corrected chi connectivity index (χ4v) is 4.77. The minimum Gasteiger partial charge on any atom is -0.245 e. The largest absolute Gasteiger partial charge is 0.245 e. The van der Waals surface area contributed by atoms with E-state index in [1.807, 2.05) is 91.0 Å². The number of nitrogens with zero attached hydrogens (tertiary/aromatic N) is 3. The molecule has 1 heterocycles. The molecule has 0 bridgehead atoms. The van der Waals surface area contributed by atoms with Crippen LogP contribution in [0.4, 0.5) is 11.4 Å². The summed E-state index contributed by atoms with van der Waals surface area (Å²) in [6.45, 7) is 0. The zero-order valence-corrected chi connectivity index (χ0v) is 23.5. The summed E-state index contributed by atoms with van der Waals surface area (Å²) in [6.07, 6.45) is 0. The maximum atomic E-state index is 5.11. The highest BCUT2D eigenvalue weighted by Gasteiger charge is 2.15. The van der Waals surface area contributed by atoms with Crippen LogP contribution in [-0.2, 0) is 0 Å². The second-order valence-corrected chi connectivity index (χ2v) is 10.3. The first-order chi connectivity index (χ1) is 17.7. The Morgan fingerprint density at radius 2 is 0.833 bits per heavy atom. The Bertz CT molecular complexity index is 1430. The summed E-state index contributed by atoms with van der Waals surface area (Å²) in [4.78, 5) is 15.3. The molecule has 1 aromatic heterocycles. The van der Waals surface area contributed by atoms with E-state index in [-0.39, 0.29) is 0 Å². The SMILES string of the molecule is Ic1ccccc1N=C(c1ccccc1)c1cccc(C(=Nc2ccccc2I)c2ccccc2)n1. The number of halogens is 2. The molecule has 3 nitrogen and oxygen atoms in total. The van der Waals surface area contributed by atoms with Crippen molar-refractivity contribution < 1.29 is 0 Å². The summed E-state index contributed by atoms with van der Waals surface area (Å²) in [5.41, 5.74) is 7.09. The molecule has 0 fully saturated rings. The van der Waals surface area contributed by atoms with E-state index in [4.69, 9.17) is 15.0 Å². The third kappa shape index (κ3) is 5.79. The number of aromatic nitrogens is 1. The van der Waals surface area contributed by atoms with Crippen LogP contribution in [0.2, 0.25) is 0 Å². The average molecular weight is 689 g/mol. The number of hydrogen-bond acceptors (Lipinski definition) is 3. The highest BCUT2D eigenvalue weighted by atomic mass is 127. The van der Waals surface area contributed by atoms with Crippen molar-refractivity contribution in [1.29, 1.82) is 0 Å². The fourth-order valence-electron chi connectivity index (χ4n) is 3.76. The van der Waals surface area contributed by atoms with Crippen molar-refractivity contribution >= 4 is 68.0 Å². The van der Waals surface area contributed by atoms with Gasteiger partial charge < -0.3 is 0 Å². The van der Waals surface area contributed by atoms with Gasteiger partial charge in [0.25, 0.3) is 0 Å². The molecule has 0 saturated carbocycles. The van der Waals surface area contributed by atoms with E-state index < -0.39 is 0 Å². The predicted octanol–water partition coefficient (Wildman–Crippen LogP) is 8.63. The van der Waals surface area contributed by atoms with Crippen LogP contribution in [0.25, 0.3) is 0 Å². The monoisotopic (exact) mass is 689 g/mol. The van der Waals surface area contributed by atoms with Gasteiger partial charge in [-0.1, -0.05) is 91.0 Å². The van der Waals surface area contributed by atoms with Crippen LogP contribution < -0.4 is 0 Å². The summed E-state index contributed by atoms with van der Waals surface area (Å²) in [6, 6.07) is 42.7. The summed E-state index contributed by atoms with van der Waals surface area (Å²) in [5.74, 6) is 0. The van der Waals surface area contributed by atoms with E-state index in [9.17, 15) is 0 Å². The third-order valence-corrected chi connectivity index (χ3v) is 7.32. The molecule has 5 heteroatoms. The zero-order chi connectivity index (χ0) is 24.7. The smallest absolute Gasteiger partial charge is 0.0966 e. The number of para-hydroxylation sites is 2. The first kappa shape index (κ1) is 24.5. The maximum absolute atomic E-state index is 5.11. The van der Waals surface area contributed by atoms with Gasteiger partial charge in [0.15, 0.2) is 0 Å². The van der Waals surface area contributed by atoms with Gasteiger partial charge in [-0.3, -0.25) is 0 Å². The molecular formula is C31H21I2N3. The molecule has 0 radical (unpaired) electrons. The lowest BCUT2D eigenvalue weighted by Gasteiger charge is -2.12. The lowest BCUT2D eigenvalue weighted by atomic mass is 10.0. The quantitative estimate of drug-likeness (QED) is 0.130. The minimum atomic E-state index is 0.796. The Balaban J connectivity index is 1.69.